The minimum Gasteiger partial charge on any atom is -0.378 e. The number of morpholine rings is 1. The van der Waals surface area contributed by atoms with Crippen molar-refractivity contribution in [2.24, 2.45) is 0 Å². The zero-order valence-electron chi connectivity index (χ0n) is 14.2. The molecule has 0 atom stereocenters. The van der Waals surface area contributed by atoms with E-state index in [4.69, 9.17) is 14.7 Å². The summed E-state index contributed by atoms with van der Waals surface area (Å²) in [6.07, 6.45) is 1.61. The van der Waals surface area contributed by atoms with E-state index in [1.165, 1.54) is 5.56 Å². The number of aromatic nitrogens is 2. The van der Waals surface area contributed by atoms with Crippen LogP contribution in [0.15, 0.2) is 0 Å². The number of aryl methyl sites for hydroxylation is 1. The van der Waals surface area contributed by atoms with E-state index in [0.29, 0.717) is 6.54 Å². The molecule has 126 valence electrons. The van der Waals surface area contributed by atoms with Crippen molar-refractivity contribution < 1.29 is 9.53 Å². The van der Waals surface area contributed by atoms with Crippen LogP contribution in [-0.4, -0.2) is 79.3 Å². The highest BCUT2D eigenvalue weighted by molar-refractivity contribution is 5.74. The molecule has 1 aromatic heterocycles. The van der Waals surface area contributed by atoms with Crippen LogP contribution in [-0.2, 0) is 17.6 Å². The Hall–Kier alpha value is -1.89. The van der Waals surface area contributed by atoms with Crippen LogP contribution in [0.5, 0.6) is 0 Å². The maximum absolute atomic E-state index is 12.2. The molecule has 3 heterocycles. The maximum atomic E-state index is 12.2. The Kier molecular flexibility index (Phi) is 4.66. The lowest BCUT2D eigenvalue weighted by atomic mass is 10.1. The molecule has 0 saturated carbocycles. The first-order chi connectivity index (χ1) is 11.1. The Labute approximate surface area is 137 Å². The highest BCUT2D eigenvalue weighted by atomic mass is 16.5. The fourth-order valence-corrected chi connectivity index (χ4v) is 3.15. The number of urea groups is 1. The van der Waals surface area contributed by atoms with Gasteiger partial charge in [0.1, 0.15) is 0 Å². The molecule has 0 N–H and O–H groups in total. The number of ether oxygens (including phenoxy) is 1. The molecule has 0 unspecified atom stereocenters. The number of amides is 2. The third-order valence-electron chi connectivity index (χ3n) is 4.49. The normalized spacial score (nSPS) is 18.4. The number of hydrogen-bond acceptors (Lipinski definition) is 5. The Morgan fingerprint density at radius 2 is 1.78 bits per heavy atom. The van der Waals surface area contributed by atoms with Gasteiger partial charge in [-0.2, -0.15) is 0 Å². The van der Waals surface area contributed by atoms with E-state index in [-0.39, 0.29) is 6.03 Å². The summed E-state index contributed by atoms with van der Waals surface area (Å²) in [7, 11) is 3.59. The molecule has 7 heteroatoms. The highest BCUT2D eigenvalue weighted by Gasteiger charge is 2.24. The number of nitrogens with zero attached hydrogens (tertiary/aromatic N) is 5. The van der Waals surface area contributed by atoms with E-state index >= 15 is 0 Å². The third kappa shape index (κ3) is 3.39. The van der Waals surface area contributed by atoms with Crippen molar-refractivity contribution in [2.45, 2.75) is 19.8 Å². The van der Waals surface area contributed by atoms with Crippen molar-refractivity contribution in [3.8, 4) is 0 Å². The first kappa shape index (κ1) is 16.0. The number of rotatable bonds is 1. The van der Waals surface area contributed by atoms with Crippen molar-refractivity contribution in [1.29, 1.82) is 0 Å². The molecule has 2 aliphatic rings. The van der Waals surface area contributed by atoms with Crippen LogP contribution in [0.4, 0.5) is 10.7 Å². The summed E-state index contributed by atoms with van der Waals surface area (Å²) in [5.74, 6) is 0.803. The van der Waals surface area contributed by atoms with E-state index in [9.17, 15) is 4.79 Å². The SMILES string of the molecule is Cc1nc(N2CCOCC2)nc2c1CCN(C(=O)N(C)C)CC2. The first-order valence-electron chi connectivity index (χ1n) is 8.21. The van der Waals surface area contributed by atoms with E-state index in [1.807, 2.05) is 11.8 Å². The molecule has 23 heavy (non-hydrogen) atoms. The Balaban J connectivity index is 1.81. The van der Waals surface area contributed by atoms with Crippen molar-refractivity contribution >= 4 is 12.0 Å². The molecule has 0 bridgehead atoms. The van der Waals surface area contributed by atoms with Crippen LogP contribution in [0.3, 0.4) is 0 Å². The highest BCUT2D eigenvalue weighted by Crippen LogP contribution is 2.21. The van der Waals surface area contributed by atoms with E-state index in [0.717, 1.165) is 63.0 Å². The molecule has 0 spiro atoms. The van der Waals surface area contributed by atoms with Crippen molar-refractivity contribution in [2.75, 3.05) is 58.4 Å². The third-order valence-corrected chi connectivity index (χ3v) is 4.49. The number of fused-ring (bicyclic) bond motifs is 1. The molecule has 3 rings (SSSR count). The van der Waals surface area contributed by atoms with Gasteiger partial charge < -0.3 is 19.4 Å². The van der Waals surface area contributed by atoms with Gasteiger partial charge >= 0.3 is 6.03 Å². The minimum absolute atomic E-state index is 0.0665. The van der Waals surface area contributed by atoms with Crippen LogP contribution < -0.4 is 4.90 Å². The lowest BCUT2D eigenvalue weighted by Crippen LogP contribution is -2.40. The van der Waals surface area contributed by atoms with Gasteiger partial charge in [0.05, 0.1) is 18.9 Å². The smallest absolute Gasteiger partial charge is 0.319 e. The quantitative estimate of drug-likeness (QED) is 0.763. The summed E-state index contributed by atoms with van der Waals surface area (Å²) >= 11 is 0. The van der Waals surface area contributed by atoms with Crippen LogP contribution in [0, 0.1) is 6.92 Å². The second-order valence-corrected chi connectivity index (χ2v) is 6.30. The zero-order chi connectivity index (χ0) is 16.4. The van der Waals surface area contributed by atoms with Gasteiger partial charge in [0.2, 0.25) is 5.95 Å². The number of carbonyl (C=O) groups excluding carboxylic acids is 1. The topological polar surface area (TPSA) is 61.8 Å². The zero-order valence-corrected chi connectivity index (χ0v) is 14.2. The summed E-state index contributed by atoms with van der Waals surface area (Å²) in [5.41, 5.74) is 3.33. The molecule has 1 saturated heterocycles. The summed E-state index contributed by atoms with van der Waals surface area (Å²) < 4.78 is 5.40. The number of hydrogen-bond donors (Lipinski definition) is 0. The predicted octanol–water partition coefficient (Wildman–Crippen LogP) is 0.704. The predicted molar refractivity (Wildman–Crippen MR) is 87.9 cm³/mol. The first-order valence-corrected chi connectivity index (χ1v) is 8.21. The van der Waals surface area contributed by atoms with E-state index in [2.05, 4.69) is 4.90 Å². The van der Waals surface area contributed by atoms with Gasteiger partial charge in [-0.25, -0.2) is 14.8 Å². The lowest BCUT2D eigenvalue weighted by Gasteiger charge is -2.27. The average Bonchev–Trinajstić information content (AvgIpc) is 2.78. The largest absolute Gasteiger partial charge is 0.378 e. The fourth-order valence-electron chi connectivity index (χ4n) is 3.15. The van der Waals surface area contributed by atoms with E-state index < -0.39 is 0 Å². The van der Waals surface area contributed by atoms with Crippen LogP contribution in [0.2, 0.25) is 0 Å². The summed E-state index contributed by atoms with van der Waals surface area (Å²) in [5, 5.41) is 0. The van der Waals surface area contributed by atoms with Crippen LogP contribution in [0.25, 0.3) is 0 Å². The molecule has 0 aromatic carbocycles. The standard InChI is InChI=1S/C16H25N5O2/c1-12-13-4-6-21(16(22)19(2)3)7-5-14(13)18-15(17-12)20-8-10-23-11-9-20/h4-11H2,1-3H3. The molecular weight excluding hydrogens is 294 g/mol. The second-order valence-electron chi connectivity index (χ2n) is 6.30. The summed E-state index contributed by atoms with van der Waals surface area (Å²) in [4.78, 5) is 27.4. The summed E-state index contributed by atoms with van der Waals surface area (Å²) in [6, 6.07) is 0.0665. The molecule has 2 aliphatic heterocycles. The Morgan fingerprint density at radius 1 is 1.09 bits per heavy atom. The number of anilines is 1. The Bertz CT molecular complexity index is 584. The van der Waals surface area contributed by atoms with Gasteiger partial charge in [-0.05, 0) is 18.9 Å². The Morgan fingerprint density at radius 3 is 2.48 bits per heavy atom. The summed E-state index contributed by atoms with van der Waals surface area (Å²) in [6.45, 7) is 6.62. The van der Waals surface area contributed by atoms with E-state index in [1.54, 1.807) is 19.0 Å². The molecule has 2 amide bonds. The molecule has 1 aromatic rings. The van der Waals surface area contributed by atoms with Crippen molar-refractivity contribution in [1.82, 2.24) is 19.8 Å². The molecule has 0 aliphatic carbocycles. The monoisotopic (exact) mass is 319 g/mol. The van der Waals surface area contributed by atoms with Crippen LogP contribution in [0.1, 0.15) is 17.0 Å². The van der Waals surface area contributed by atoms with Gasteiger partial charge in [0, 0.05) is 52.4 Å². The van der Waals surface area contributed by atoms with Gasteiger partial charge in [0.15, 0.2) is 0 Å². The number of carbonyl (C=O) groups is 1. The molecular formula is C16H25N5O2. The molecule has 7 nitrogen and oxygen atoms in total. The minimum atomic E-state index is 0.0665. The van der Waals surface area contributed by atoms with Gasteiger partial charge in [-0.3, -0.25) is 0 Å². The lowest BCUT2D eigenvalue weighted by molar-refractivity contribution is 0.122. The van der Waals surface area contributed by atoms with Gasteiger partial charge in [-0.15, -0.1) is 0 Å². The van der Waals surface area contributed by atoms with Gasteiger partial charge in [0.25, 0.3) is 0 Å². The van der Waals surface area contributed by atoms with Crippen LogP contribution >= 0.6 is 0 Å². The molecule has 0 radical (unpaired) electrons. The average molecular weight is 319 g/mol. The van der Waals surface area contributed by atoms with Crippen molar-refractivity contribution in [3.05, 3.63) is 17.0 Å². The van der Waals surface area contributed by atoms with Gasteiger partial charge in [-0.1, -0.05) is 0 Å². The van der Waals surface area contributed by atoms with Crippen molar-refractivity contribution in [3.63, 3.8) is 0 Å². The fraction of sp³-hybridized carbons (Fsp3) is 0.688. The second kappa shape index (κ2) is 6.70. The maximum Gasteiger partial charge on any atom is 0.319 e. The molecule has 1 fully saturated rings.